The molecule has 21 heavy (non-hydrogen) atoms. The minimum Gasteiger partial charge on any atom is -0.375 e. The van der Waals surface area contributed by atoms with Crippen LogP contribution in [0, 0.1) is 0 Å². The van der Waals surface area contributed by atoms with Crippen LogP contribution in [-0.2, 0) is 16.0 Å². The number of thiazole rings is 1. The molecule has 0 radical (unpaired) electrons. The van der Waals surface area contributed by atoms with Crippen LogP contribution in [0.25, 0.3) is 10.7 Å². The van der Waals surface area contributed by atoms with Gasteiger partial charge >= 0.3 is 0 Å². The number of amides is 1. The largest absolute Gasteiger partial charge is 0.375 e. The van der Waals surface area contributed by atoms with Crippen molar-refractivity contribution in [2.75, 3.05) is 19.7 Å². The Kier molecular flexibility index (Phi) is 4.26. The zero-order valence-corrected chi connectivity index (χ0v) is 12.7. The van der Waals surface area contributed by atoms with Crippen molar-refractivity contribution in [1.29, 1.82) is 0 Å². The summed E-state index contributed by atoms with van der Waals surface area (Å²) in [6, 6.07) is 5.74. The van der Waals surface area contributed by atoms with Crippen LogP contribution in [0.4, 0.5) is 0 Å². The summed E-state index contributed by atoms with van der Waals surface area (Å²) in [7, 11) is 0. The van der Waals surface area contributed by atoms with Crippen molar-refractivity contribution in [2.24, 2.45) is 0 Å². The lowest BCUT2D eigenvalue weighted by Crippen LogP contribution is -2.45. The van der Waals surface area contributed by atoms with Gasteiger partial charge in [-0.2, -0.15) is 0 Å². The highest BCUT2D eigenvalue weighted by Gasteiger charge is 2.22. The SMILES string of the molecule is CC1CN(C(=O)Cc2csc(-c3ccccn3)n2)CCO1. The van der Waals surface area contributed by atoms with Crippen molar-refractivity contribution in [2.45, 2.75) is 19.4 Å². The number of morpholine rings is 1. The lowest BCUT2D eigenvalue weighted by Gasteiger charge is -2.31. The third-order valence-electron chi connectivity index (χ3n) is 3.36. The number of nitrogens with zero attached hydrogens (tertiary/aromatic N) is 3. The van der Waals surface area contributed by atoms with E-state index in [1.165, 1.54) is 11.3 Å². The maximum Gasteiger partial charge on any atom is 0.228 e. The van der Waals surface area contributed by atoms with Gasteiger partial charge in [0.25, 0.3) is 0 Å². The van der Waals surface area contributed by atoms with Crippen LogP contribution in [0.2, 0.25) is 0 Å². The van der Waals surface area contributed by atoms with Crippen molar-refractivity contribution >= 4 is 17.2 Å². The number of carbonyl (C=O) groups excluding carboxylic acids is 1. The highest BCUT2D eigenvalue weighted by atomic mass is 32.1. The van der Waals surface area contributed by atoms with Crippen LogP contribution in [0.15, 0.2) is 29.8 Å². The van der Waals surface area contributed by atoms with E-state index in [4.69, 9.17) is 4.74 Å². The summed E-state index contributed by atoms with van der Waals surface area (Å²) in [5.74, 6) is 0.114. The minimum absolute atomic E-state index is 0.113. The molecule has 6 heteroatoms. The molecule has 1 saturated heterocycles. The third-order valence-corrected chi connectivity index (χ3v) is 4.28. The van der Waals surface area contributed by atoms with Crippen LogP contribution in [0.5, 0.6) is 0 Å². The number of aromatic nitrogens is 2. The maximum absolute atomic E-state index is 12.3. The van der Waals surface area contributed by atoms with Gasteiger partial charge in [-0.05, 0) is 19.1 Å². The highest BCUT2D eigenvalue weighted by Crippen LogP contribution is 2.22. The van der Waals surface area contributed by atoms with Crippen molar-refractivity contribution in [3.8, 4) is 10.7 Å². The summed E-state index contributed by atoms with van der Waals surface area (Å²) in [5.41, 5.74) is 1.66. The van der Waals surface area contributed by atoms with E-state index in [-0.39, 0.29) is 12.0 Å². The second-order valence-corrected chi connectivity index (χ2v) is 5.92. The fraction of sp³-hybridized carbons (Fsp3) is 0.400. The number of ether oxygens (including phenoxy) is 1. The molecule has 5 nitrogen and oxygen atoms in total. The van der Waals surface area contributed by atoms with Gasteiger partial charge in [0.1, 0.15) is 5.01 Å². The van der Waals surface area contributed by atoms with Gasteiger partial charge in [-0.15, -0.1) is 11.3 Å². The Bertz CT molecular complexity index is 614. The molecule has 0 N–H and O–H groups in total. The second-order valence-electron chi connectivity index (χ2n) is 5.06. The molecular weight excluding hydrogens is 286 g/mol. The van der Waals surface area contributed by atoms with Crippen molar-refractivity contribution in [3.05, 3.63) is 35.5 Å². The molecule has 3 rings (SSSR count). The predicted molar refractivity (Wildman–Crippen MR) is 81.0 cm³/mol. The van der Waals surface area contributed by atoms with E-state index in [1.807, 2.05) is 35.4 Å². The summed E-state index contributed by atoms with van der Waals surface area (Å²) < 4.78 is 5.45. The first-order chi connectivity index (χ1) is 10.2. The van der Waals surface area contributed by atoms with E-state index in [2.05, 4.69) is 9.97 Å². The number of hydrogen-bond donors (Lipinski definition) is 0. The number of hydrogen-bond acceptors (Lipinski definition) is 5. The fourth-order valence-electron chi connectivity index (χ4n) is 2.31. The first kappa shape index (κ1) is 14.2. The lowest BCUT2D eigenvalue weighted by molar-refractivity contribution is -0.137. The molecule has 0 bridgehead atoms. The maximum atomic E-state index is 12.3. The molecule has 1 unspecified atom stereocenters. The van der Waals surface area contributed by atoms with Crippen LogP contribution >= 0.6 is 11.3 Å². The molecule has 1 aliphatic heterocycles. The van der Waals surface area contributed by atoms with E-state index in [1.54, 1.807) is 6.20 Å². The zero-order valence-electron chi connectivity index (χ0n) is 11.9. The molecule has 0 saturated carbocycles. The molecule has 0 aromatic carbocycles. The number of rotatable bonds is 3. The molecule has 110 valence electrons. The molecule has 3 heterocycles. The van der Waals surface area contributed by atoms with Gasteiger partial charge in [-0.1, -0.05) is 6.07 Å². The Morgan fingerprint density at radius 1 is 1.52 bits per heavy atom. The Labute approximate surface area is 127 Å². The molecule has 1 fully saturated rings. The Morgan fingerprint density at radius 3 is 3.19 bits per heavy atom. The van der Waals surface area contributed by atoms with Gasteiger partial charge in [-0.3, -0.25) is 9.78 Å². The molecule has 2 aromatic rings. The highest BCUT2D eigenvalue weighted by molar-refractivity contribution is 7.13. The molecule has 1 amide bonds. The first-order valence-electron chi connectivity index (χ1n) is 6.97. The molecule has 0 spiro atoms. The molecular formula is C15H17N3O2S. The average molecular weight is 303 g/mol. The predicted octanol–water partition coefficient (Wildman–Crippen LogP) is 1.99. The van der Waals surface area contributed by atoms with Gasteiger partial charge in [-0.25, -0.2) is 4.98 Å². The fourth-order valence-corrected chi connectivity index (χ4v) is 3.10. The quantitative estimate of drug-likeness (QED) is 0.870. The molecule has 1 aliphatic rings. The molecule has 1 atom stereocenters. The molecule has 2 aromatic heterocycles. The van der Waals surface area contributed by atoms with Crippen LogP contribution in [0.3, 0.4) is 0 Å². The van der Waals surface area contributed by atoms with Gasteiger partial charge in [0.05, 0.1) is 30.5 Å². The normalized spacial score (nSPS) is 18.7. The second kappa shape index (κ2) is 6.32. The van der Waals surface area contributed by atoms with Gasteiger partial charge in [0, 0.05) is 24.7 Å². The number of pyridine rings is 1. The van der Waals surface area contributed by atoms with Crippen molar-refractivity contribution in [1.82, 2.24) is 14.9 Å². The van der Waals surface area contributed by atoms with Gasteiger partial charge in [0.15, 0.2) is 0 Å². The van der Waals surface area contributed by atoms with Crippen LogP contribution < -0.4 is 0 Å². The number of carbonyl (C=O) groups is 1. The summed E-state index contributed by atoms with van der Waals surface area (Å²) in [5, 5.41) is 2.79. The van der Waals surface area contributed by atoms with E-state index in [0.717, 1.165) is 16.4 Å². The Hall–Kier alpha value is -1.79. The van der Waals surface area contributed by atoms with Crippen molar-refractivity contribution < 1.29 is 9.53 Å². The van der Waals surface area contributed by atoms with Crippen LogP contribution in [0.1, 0.15) is 12.6 Å². The van der Waals surface area contributed by atoms with Crippen LogP contribution in [-0.4, -0.2) is 46.6 Å². The summed E-state index contributed by atoms with van der Waals surface area (Å²) in [4.78, 5) is 22.9. The average Bonchev–Trinajstić information content (AvgIpc) is 2.97. The van der Waals surface area contributed by atoms with Crippen molar-refractivity contribution in [3.63, 3.8) is 0 Å². The molecule has 0 aliphatic carbocycles. The topological polar surface area (TPSA) is 55.3 Å². The van der Waals surface area contributed by atoms with E-state index >= 15 is 0 Å². The zero-order chi connectivity index (χ0) is 14.7. The van der Waals surface area contributed by atoms with E-state index in [0.29, 0.717) is 26.1 Å². The smallest absolute Gasteiger partial charge is 0.228 e. The lowest BCUT2D eigenvalue weighted by atomic mass is 10.2. The Morgan fingerprint density at radius 2 is 2.43 bits per heavy atom. The third kappa shape index (κ3) is 3.46. The monoisotopic (exact) mass is 303 g/mol. The summed E-state index contributed by atoms with van der Waals surface area (Å²) in [6.45, 7) is 3.93. The van der Waals surface area contributed by atoms with E-state index < -0.39 is 0 Å². The summed E-state index contributed by atoms with van der Waals surface area (Å²) in [6.07, 6.45) is 2.20. The van der Waals surface area contributed by atoms with Gasteiger partial charge < -0.3 is 9.64 Å². The summed E-state index contributed by atoms with van der Waals surface area (Å²) >= 11 is 1.52. The minimum atomic E-state index is 0.113. The van der Waals surface area contributed by atoms with E-state index in [9.17, 15) is 4.79 Å². The first-order valence-corrected chi connectivity index (χ1v) is 7.85. The standard InChI is InChI=1S/C15H17N3O2S/c1-11-9-18(6-7-20-11)14(19)8-12-10-21-15(17-12)13-4-2-3-5-16-13/h2-5,10-11H,6-9H2,1H3. The Balaban J connectivity index is 1.66. The van der Waals surface area contributed by atoms with Gasteiger partial charge in [0.2, 0.25) is 5.91 Å².